The van der Waals surface area contributed by atoms with Crippen molar-refractivity contribution in [3.8, 4) is 0 Å². The number of rotatable bonds is 3. The number of pyridine rings is 1. The van der Waals surface area contributed by atoms with E-state index in [0.29, 0.717) is 23.5 Å². The second kappa shape index (κ2) is 4.62. The lowest BCUT2D eigenvalue weighted by atomic mass is 10.3. The zero-order valence-electron chi connectivity index (χ0n) is 9.30. The lowest BCUT2D eigenvalue weighted by molar-refractivity contribution is 0.614. The summed E-state index contributed by atoms with van der Waals surface area (Å²) in [4.78, 5) is 12.1. The number of furan rings is 1. The number of hydrogen-bond donors (Lipinski definition) is 1. The average Bonchev–Trinajstić information content (AvgIpc) is 2.85. The van der Waals surface area contributed by atoms with Crippen molar-refractivity contribution in [3.63, 3.8) is 0 Å². The highest BCUT2D eigenvalue weighted by Crippen LogP contribution is 2.23. The fourth-order valence-electron chi connectivity index (χ4n) is 1.64. The normalized spacial score (nSPS) is 10.7. The molecule has 0 bridgehead atoms. The van der Waals surface area contributed by atoms with Gasteiger partial charge in [-0.3, -0.25) is 4.98 Å². The highest BCUT2D eigenvalue weighted by atomic mass is 35.5. The predicted molar refractivity (Wildman–Crippen MR) is 68.4 cm³/mol. The van der Waals surface area contributed by atoms with Gasteiger partial charge in [-0.15, -0.1) is 0 Å². The number of halogens is 1. The highest BCUT2D eigenvalue weighted by Gasteiger charge is 2.09. The molecule has 0 saturated heterocycles. The molecule has 0 unspecified atom stereocenters. The van der Waals surface area contributed by atoms with E-state index in [1.165, 1.54) is 0 Å². The molecule has 6 heteroatoms. The Morgan fingerprint density at radius 2 is 2.00 bits per heavy atom. The van der Waals surface area contributed by atoms with Crippen LogP contribution >= 0.6 is 11.6 Å². The molecule has 0 radical (unpaired) electrons. The van der Waals surface area contributed by atoms with E-state index in [9.17, 15) is 0 Å². The third-order valence-corrected chi connectivity index (χ3v) is 2.65. The SMILES string of the molecule is Clc1nc(NCc2ccncc2)c2occc2n1. The van der Waals surface area contributed by atoms with Gasteiger partial charge < -0.3 is 9.73 Å². The number of nitrogens with one attached hydrogen (secondary N) is 1. The zero-order chi connectivity index (χ0) is 12.4. The molecule has 3 aromatic heterocycles. The third kappa shape index (κ3) is 2.12. The van der Waals surface area contributed by atoms with Gasteiger partial charge in [-0.2, -0.15) is 4.98 Å². The Hall–Kier alpha value is -2.14. The van der Waals surface area contributed by atoms with Crippen LogP contribution in [-0.4, -0.2) is 15.0 Å². The summed E-state index contributed by atoms with van der Waals surface area (Å²) in [6.45, 7) is 0.617. The van der Waals surface area contributed by atoms with Crippen molar-refractivity contribution in [2.24, 2.45) is 0 Å². The van der Waals surface area contributed by atoms with Crippen molar-refractivity contribution in [3.05, 3.63) is 47.7 Å². The fourth-order valence-corrected chi connectivity index (χ4v) is 1.82. The van der Waals surface area contributed by atoms with E-state index in [4.69, 9.17) is 16.0 Å². The Kier molecular flexibility index (Phi) is 2.82. The Morgan fingerprint density at radius 3 is 2.83 bits per heavy atom. The molecule has 5 nitrogen and oxygen atoms in total. The number of aromatic nitrogens is 3. The maximum atomic E-state index is 5.85. The van der Waals surface area contributed by atoms with E-state index in [2.05, 4.69) is 20.3 Å². The standard InChI is InChI=1S/C12H9ClN4O/c13-12-16-9-3-6-18-10(9)11(17-12)15-7-8-1-4-14-5-2-8/h1-6H,7H2,(H,15,16,17). The first-order valence-corrected chi connectivity index (χ1v) is 5.74. The predicted octanol–water partition coefficient (Wildman–Crippen LogP) is 2.88. The van der Waals surface area contributed by atoms with Crippen LogP contribution in [0.1, 0.15) is 5.56 Å². The summed E-state index contributed by atoms with van der Waals surface area (Å²) in [6.07, 6.45) is 5.05. The minimum atomic E-state index is 0.195. The zero-order valence-corrected chi connectivity index (χ0v) is 10.1. The second-order valence-electron chi connectivity index (χ2n) is 3.69. The van der Waals surface area contributed by atoms with Crippen LogP contribution in [0, 0.1) is 0 Å². The summed E-state index contributed by atoms with van der Waals surface area (Å²) < 4.78 is 5.33. The first-order chi connectivity index (χ1) is 8.83. The van der Waals surface area contributed by atoms with Gasteiger partial charge in [0.25, 0.3) is 0 Å². The van der Waals surface area contributed by atoms with Crippen LogP contribution in [0.2, 0.25) is 5.28 Å². The molecule has 0 aliphatic rings. The van der Waals surface area contributed by atoms with E-state index in [0.717, 1.165) is 5.56 Å². The summed E-state index contributed by atoms with van der Waals surface area (Å²) in [5.74, 6) is 0.590. The van der Waals surface area contributed by atoms with Gasteiger partial charge in [-0.25, -0.2) is 4.98 Å². The van der Waals surface area contributed by atoms with Crippen LogP contribution < -0.4 is 5.32 Å². The molecule has 1 N–H and O–H groups in total. The molecule has 0 saturated carbocycles. The summed E-state index contributed by atoms with van der Waals surface area (Å²) in [5.41, 5.74) is 2.39. The lowest BCUT2D eigenvalue weighted by Crippen LogP contribution is -2.02. The van der Waals surface area contributed by atoms with Crippen LogP contribution in [0.15, 0.2) is 41.3 Å². The summed E-state index contributed by atoms with van der Waals surface area (Å²) in [7, 11) is 0. The minimum Gasteiger partial charge on any atom is -0.459 e. The van der Waals surface area contributed by atoms with E-state index in [-0.39, 0.29) is 5.28 Å². The van der Waals surface area contributed by atoms with E-state index >= 15 is 0 Å². The average molecular weight is 261 g/mol. The first-order valence-electron chi connectivity index (χ1n) is 5.36. The largest absolute Gasteiger partial charge is 0.459 e. The van der Waals surface area contributed by atoms with Crippen molar-refractivity contribution in [1.29, 1.82) is 0 Å². The van der Waals surface area contributed by atoms with Gasteiger partial charge in [0.05, 0.1) is 6.26 Å². The van der Waals surface area contributed by atoms with Gasteiger partial charge in [0.2, 0.25) is 5.28 Å². The Balaban J connectivity index is 1.88. The summed E-state index contributed by atoms with van der Waals surface area (Å²) >= 11 is 5.85. The molecule has 90 valence electrons. The van der Waals surface area contributed by atoms with Crippen molar-refractivity contribution in [1.82, 2.24) is 15.0 Å². The van der Waals surface area contributed by atoms with Gasteiger partial charge in [0.15, 0.2) is 11.4 Å². The lowest BCUT2D eigenvalue weighted by Gasteiger charge is -2.05. The van der Waals surface area contributed by atoms with Crippen molar-refractivity contribution in [2.45, 2.75) is 6.54 Å². The third-order valence-electron chi connectivity index (χ3n) is 2.49. The fraction of sp³-hybridized carbons (Fsp3) is 0.0833. The number of fused-ring (bicyclic) bond motifs is 1. The van der Waals surface area contributed by atoms with Crippen LogP contribution in [0.4, 0.5) is 5.82 Å². The smallest absolute Gasteiger partial charge is 0.225 e. The molecule has 0 spiro atoms. The minimum absolute atomic E-state index is 0.195. The van der Waals surface area contributed by atoms with E-state index in [1.807, 2.05) is 12.1 Å². The molecule has 0 amide bonds. The number of nitrogens with zero attached hydrogens (tertiary/aromatic N) is 3. The molecule has 18 heavy (non-hydrogen) atoms. The molecule has 3 heterocycles. The molecule has 3 aromatic rings. The van der Waals surface area contributed by atoms with Gasteiger partial charge in [0.1, 0.15) is 5.52 Å². The number of hydrogen-bond acceptors (Lipinski definition) is 5. The molecule has 3 rings (SSSR count). The molecular weight excluding hydrogens is 252 g/mol. The van der Waals surface area contributed by atoms with Gasteiger partial charge in [-0.05, 0) is 29.3 Å². The number of anilines is 1. The molecule has 0 aliphatic carbocycles. The first kappa shape index (κ1) is 11.0. The van der Waals surface area contributed by atoms with E-state index in [1.54, 1.807) is 24.7 Å². The Morgan fingerprint density at radius 1 is 1.17 bits per heavy atom. The van der Waals surface area contributed by atoms with Crippen LogP contribution in [0.5, 0.6) is 0 Å². The maximum Gasteiger partial charge on any atom is 0.225 e. The monoisotopic (exact) mass is 260 g/mol. The van der Waals surface area contributed by atoms with Gasteiger partial charge >= 0.3 is 0 Å². The van der Waals surface area contributed by atoms with Crippen LogP contribution in [-0.2, 0) is 6.54 Å². The van der Waals surface area contributed by atoms with Crippen LogP contribution in [0.25, 0.3) is 11.1 Å². The highest BCUT2D eigenvalue weighted by molar-refractivity contribution is 6.28. The van der Waals surface area contributed by atoms with Gasteiger partial charge in [0, 0.05) is 25.0 Å². The Labute approximate surface area is 108 Å². The van der Waals surface area contributed by atoms with Crippen molar-refractivity contribution >= 4 is 28.5 Å². The molecule has 0 aliphatic heterocycles. The molecular formula is C12H9ClN4O. The summed E-state index contributed by atoms with van der Waals surface area (Å²) in [6, 6.07) is 5.60. The van der Waals surface area contributed by atoms with Crippen molar-refractivity contribution in [2.75, 3.05) is 5.32 Å². The maximum absolute atomic E-state index is 5.85. The summed E-state index contributed by atoms with van der Waals surface area (Å²) in [5, 5.41) is 3.37. The quantitative estimate of drug-likeness (QED) is 0.734. The molecule has 0 aromatic carbocycles. The molecule has 0 fully saturated rings. The van der Waals surface area contributed by atoms with Crippen molar-refractivity contribution < 1.29 is 4.42 Å². The second-order valence-corrected chi connectivity index (χ2v) is 4.02. The Bertz CT molecular complexity index is 668. The topological polar surface area (TPSA) is 63.8 Å². The van der Waals surface area contributed by atoms with Gasteiger partial charge in [-0.1, -0.05) is 0 Å². The van der Waals surface area contributed by atoms with E-state index < -0.39 is 0 Å². The van der Waals surface area contributed by atoms with Crippen LogP contribution in [0.3, 0.4) is 0 Å². The molecule has 0 atom stereocenters.